The molecule has 0 saturated carbocycles. The lowest BCUT2D eigenvalue weighted by molar-refractivity contribution is 0.200. The number of thiophene rings is 1. The van der Waals surface area contributed by atoms with E-state index in [1.54, 1.807) is 18.3 Å². The summed E-state index contributed by atoms with van der Waals surface area (Å²) in [6, 6.07) is 5.74. The third-order valence-corrected chi connectivity index (χ3v) is 6.35. The topological polar surface area (TPSA) is 62.3 Å². The zero-order valence-electron chi connectivity index (χ0n) is 13.3. The Morgan fingerprint density at radius 3 is 3.04 bits per heavy atom. The second-order valence-electron chi connectivity index (χ2n) is 5.94. The highest BCUT2D eigenvalue weighted by Crippen LogP contribution is 2.25. The maximum absolute atomic E-state index is 11.8. The number of nitrogens with one attached hydrogen (secondary N) is 1. The van der Waals surface area contributed by atoms with Crippen molar-refractivity contribution in [2.24, 2.45) is 0 Å². The average molecular weight is 351 g/mol. The molecule has 0 aromatic carbocycles. The van der Waals surface area contributed by atoms with Gasteiger partial charge in [-0.1, -0.05) is 0 Å². The second kappa shape index (κ2) is 6.59. The van der Waals surface area contributed by atoms with Crippen LogP contribution in [0.4, 0.5) is 5.82 Å². The number of anilines is 1. The molecule has 0 amide bonds. The summed E-state index contributed by atoms with van der Waals surface area (Å²) < 4.78 is 23.6. The highest BCUT2D eigenvalue weighted by atomic mass is 32.2. The van der Waals surface area contributed by atoms with Gasteiger partial charge in [0.15, 0.2) is 9.84 Å². The van der Waals surface area contributed by atoms with Crippen molar-refractivity contribution in [1.29, 1.82) is 0 Å². The number of hydrogen-bond acceptors (Lipinski definition) is 6. The van der Waals surface area contributed by atoms with Gasteiger partial charge in [0.2, 0.25) is 0 Å². The van der Waals surface area contributed by atoms with E-state index in [0.717, 1.165) is 19.5 Å². The maximum Gasteiger partial charge on any atom is 0.179 e. The molecule has 0 saturated heterocycles. The Labute approximate surface area is 141 Å². The van der Waals surface area contributed by atoms with Gasteiger partial charge in [-0.25, -0.2) is 13.4 Å². The SMILES string of the molecule is CC(CNc1ncccc1S(C)(=O)=O)N1CCc2sccc2C1. The van der Waals surface area contributed by atoms with Crippen LogP contribution in [-0.2, 0) is 22.8 Å². The summed E-state index contributed by atoms with van der Waals surface area (Å²) in [5.41, 5.74) is 1.42. The summed E-state index contributed by atoms with van der Waals surface area (Å²) in [5, 5.41) is 5.36. The third kappa shape index (κ3) is 3.73. The number of rotatable bonds is 5. The molecular formula is C16H21N3O2S2. The largest absolute Gasteiger partial charge is 0.367 e. The summed E-state index contributed by atoms with van der Waals surface area (Å²) >= 11 is 1.84. The monoisotopic (exact) mass is 351 g/mol. The van der Waals surface area contributed by atoms with Gasteiger partial charge < -0.3 is 5.32 Å². The average Bonchev–Trinajstić information content (AvgIpc) is 2.99. The summed E-state index contributed by atoms with van der Waals surface area (Å²) in [7, 11) is -3.28. The molecule has 2 aromatic rings. The molecule has 1 N–H and O–H groups in total. The van der Waals surface area contributed by atoms with Crippen LogP contribution in [0, 0.1) is 0 Å². The predicted molar refractivity (Wildman–Crippen MR) is 93.7 cm³/mol. The molecular weight excluding hydrogens is 330 g/mol. The quantitative estimate of drug-likeness (QED) is 0.896. The Morgan fingerprint density at radius 1 is 1.43 bits per heavy atom. The van der Waals surface area contributed by atoms with E-state index in [0.29, 0.717) is 18.4 Å². The fourth-order valence-electron chi connectivity index (χ4n) is 2.84. The molecule has 124 valence electrons. The van der Waals surface area contributed by atoms with E-state index >= 15 is 0 Å². The van der Waals surface area contributed by atoms with Crippen LogP contribution in [0.1, 0.15) is 17.4 Å². The van der Waals surface area contributed by atoms with Crippen molar-refractivity contribution in [2.45, 2.75) is 30.8 Å². The van der Waals surface area contributed by atoms with Crippen molar-refractivity contribution in [3.63, 3.8) is 0 Å². The molecule has 0 spiro atoms. The number of pyridine rings is 1. The van der Waals surface area contributed by atoms with Gasteiger partial charge in [-0.3, -0.25) is 4.90 Å². The molecule has 1 atom stereocenters. The molecule has 2 aromatic heterocycles. The van der Waals surface area contributed by atoms with Gasteiger partial charge in [0.25, 0.3) is 0 Å². The Morgan fingerprint density at radius 2 is 2.26 bits per heavy atom. The molecule has 1 aliphatic heterocycles. The van der Waals surface area contributed by atoms with Gasteiger partial charge in [-0.2, -0.15) is 0 Å². The summed E-state index contributed by atoms with van der Waals surface area (Å²) in [4.78, 5) is 8.35. The summed E-state index contributed by atoms with van der Waals surface area (Å²) in [5.74, 6) is 0.440. The number of aromatic nitrogens is 1. The molecule has 0 radical (unpaired) electrons. The van der Waals surface area contributed by atoms with Gasteiger partial charge in [-0.15, -0.1) is 11.3 Å². The Kier molecular flexibility index (Phi) is 4.70. The van der Waals surface area contributed by atoms with E-state index in [9.17, 15) is 8.42 Å². The molecule has 3 heterocycles. The van der Waals surface area contributed by atoms with Crippen LogP contribution in [-0.4, -0.2) is 43.7 Å². The lowest BCUT2D eigenvalue weighted by Gasteiger charge is -2.32. The van der Waals surface area contributed by atoms with Gasteiger partial charge in [0.1, 0.15) is 10.7 Å². The second-order valence-corrected chi connectivity index (χ2v) is 8.93. The third-order valence-electron chi connectivity index (χ3n) is 4.20. The minimum absolute atomic E-state index is 0.256. The molecule has 0 fully saturated rings. The van der Waals surface area contributed by atoms with Crippen LogP contribution in [0.2, 0.25) is 0 Å². The highest BCUT2D eigenvalue weighted by Gasteiger charge is 2.22. The van der Waals surface area contributed by atoms with E-state index < -0.39 is 9.84 Å². The number of nitrogens with zero attached hydrogens (tertiary/aromatic N) is 2. The molecule has 5 nitrogen and oxygen atoms in total. The van der Waals surface area contributed by atoms with Crippen molar-refractivity contribution in [3.05, 3.63) is 40.2 Å². The van der Waals surface area contributed by atoms with E-state index in [2.05, 4.69) is 33.6 Å². The van der Waals surface area contributed by atoms with Crippen LogP contribution in [0.15, 0.2) is 34.7 Å². The standard InChI is InChI=1S/C16H21N3O2S2/c1-12(19-8-5-14-13(11-19)6-9-22-14)10-18-16-15(23(2,20)21)4-3-7-17-16/h3-4,6-7,9,12H,5,8,10-11H2,1-2H3,(H,17,18). The minimum atomic E-state index is -3.28. The first kappa shape index (κ1) is 16.4. The lowest BCUT2D eigenvalue weighted by Crippen LogP contribution is -2.41. The van der Waals surface area contributed by atoms with Crippen molar-refractivity contribution in [2.75, 3.05) is 24.7 Å². The number of fused-ring (bicyclic) bond motifs is 1. The first-order valence-corrected chi connectivity index (χ1v) is 10.4. The zero-order chi connectivity index (χ0) is 16.4. The summed E-state index contributed by atoms with van der Waals surface area (Å²) in [6.07, 6.45) is 3.91. The zero-order valence-corrected chi connectivity index (χ0v) is 15.0. The van der Waals surface area contributed by atoms with Gasteiger partial charge >= 0.3 is 0 Å². The van der Waals surface area contributed by atoms with Crippen molar-refractivity contribution in [3.8, 4) is 0 Å². The van der Waals surface area contributed by atoms with Crippen LogP contribution in [0.5, 0.6) is 0 Å². The van der Waals surface area contributed by atoms with Gasteiger partial charge in [0, 0.05) is 43.0 Å². The minimum Gasteiger partial charge on any atom is -0.367 e. The smallest absolute Gasteiger partial charge is 0.179 e. The van der Waals surface area contributed by atoms with E-state index in [1.165, 1.54) is 16.7 Å². The predicted octanol–water partition coefficient (Wildman–Crippen LogP) is 2.41. The number of hydrogen-bond donors (Lipinski definition) is 1. The van der Waals surface area contributed by atoms with E-state index in [-0.39, 0.29) is 4.90 Å². The fourth-order valence-corrected chi connectivity index (χ4v) is 4.53. The maximum atomic E-state index is 11.8. The van der Waals surface area contributed by atoms with Gasteiger partial charge in [-0.05, 0) is 42.5 Å². The Hall–Kier alpha value is -1.44. The fraction of sp³-hybridized carbons (Fsp3) is 0.438. The van der Waals surface area contributed by atoms with E-state index in [4.69, 9.17) is 0 Å². The molecule has 0 aliphatic carbocycles. The van der Waals surface area contributed by atoms with Crippen LogP contribution in [0.25, 0.3) is 0 Å². The molecule has 3 rings (SSSR count). The van der Waals surface area contributed by atoms with Crippen molar-refractivity contribution < 1.29 is 8.42 Å². The lowest BCUT2D eigenvalue weighted by atomic mass is 10.1. The van der Waals surface area contributed by atoms with Gasteiger partial charge in [0.05, 0.1) is 0 Å². The van der Waals surface area contributed by atoms with E-state index in [1.807, 2.05) is 11.3 Å². The molecule has 0 bridgehead atoms. The summed E-state index contributed by atoms with van der Waals surface area (Å²) in [6.45, 7) is 4.83. The molecule has 23 heavy (non-hydrogen) atoms. The Balaban J connectivity index is 1.65. The highest BCUT2D eigenvalue weighted by molar-refractivity contribution is 7.90. The normalized spacial score (nSPS) is 16.8. The van der Waals surface area contributed by atoms with Crippen LogP contribution >= 0.6 is 11.3 Å². The van der Waals surface area contributed by atoms with Crippen LogP contribution in [0.3, 0.4) is 0 Å². The Bertz CT molecular complexity index is 786. The molecule has 1 aliphatic rings. The first-order chi connectivity index (χ1) is 10.9. The van der Waals surface area contributed by atoms with Crippen LogP contribution < -0.4 is 5.32 Å². The number of sulfone groups is 1. The van der Waals surface area contributed by atoms with Crippen molar-refractivity contribution in [1.82, 2.24) is 9.88 Å². The molecule has 7 heteroatoms. The first-order valence-electron chi connectivity index (χ1n) is 7.63. The molecule has 1 unspecified atom stereocenters. The van der Waals surface area contributed by atoms with Crippen molar-refractivity contribution >= 4 is 27.0 Å².